The molecule has 0 rings (SSSR count). The van der Waals surface area contributed by atoms with Gasteiger partial charge in [0.2, 0.25) is 0 Å². The van der Waals surface area contributed by atoms with E-state index in [1.807, 2.05) is 0 Å². The van der Waals surface area contributed by atoms with Crippen LogP contribution >= 0.6 is 0 Å². The molecule has 348 valence electrons. The fraction of sp³-hybridized carbons (Fsp3) is 0.691. The minimum absolute atomic E-state index is 0.102. The molecule has 0 aromatic rings. The number of rotatable bonds is 44. The van der Waals surface area contributed by atoms with E-state index in [0.717, 1.165) is 89.9 Å². The highest BCUT2D eigenvalue weighted by Crippen LogP contribution is 2.13. The van der Waals surface area contributed by atoms with E-state index in [9.17, 15) is 14.4 Å². The smallest absolute Gasteiger partial charge is 0.306 e. The fourth-order valence-corrected chi connectivity index (χ4v) is 6.56. The van der Waals surface area contributed by atoms with E-state index >= 15 is 0 Å². The molecule has 0 radical (unpaired) electrons. The van der Waals surface area contributed by atoms with Crippen molar-refractivity contribution < 1.29 is 28.6 Å². The number of carbonyl (C=O) groups excluding carboxylic acids is 3. The average molecular weight is 849 g/mol. The second-order valence-electron chi connectivity index (χ2n) is 16.4. The highest BCUT2D eigenvalue weighted by molar-refractivity contribution is 5.71. The van der Waals surface area contributed by atoms with Crippen LogP contribution < -0.4 is 0 Å². The van der Waals surface area contributed by atoms with Gasteiger partial charge in [-0.1, -0.05) is 196 Å². The van der Waals surface area contributed by atoms with Gasteiger partial charge in [-0.05, 0) is 96.3 Å². The molecule has 0 aliphatic carbocycles. The van der Waals surface area contributed by atoms with Crippen LogP contribution in [0.3, 0.4) is 0 Å². The van der Waals surface area contributed by atoms with Gasteiger partial charge in [-0.25, -0.2) is 0 Å². The molecule has 0 aliphatic rings. The van der Waals surface area contributed by atoms with Crippen molar-refractivity contribution in [2.75, 3.05) is 13.2 Å². The summed E-state index contributed by atoms with van der Waals surface area (Å²) in [6.45, 7) is 6.48. The van der Waals surface area contributed by atoms with Crippen molar-refractivity contribution in [3.63, 3.8) is 0 Å². The molecular formula is C55H92O6. The van der Waals surface area contributed by atoms with E-state index in [-0.39, 0.29) is 37.5 Å². The summed E-state index contributed by atoms with van der Waals surface area (Å²) in [6, 6.07) is 0. The molecule has 0 N–H and O–H groups in total. The summed E-state index contributed by atoms with van der Waals surface area (Å²) < 4.78 is 16.7. The summed E-state index contributed by atoms with van der Waals surface area (Å²) >= 11 is 0. The summed E-state index contributed by atoms with van der Waals surface area (Å²) in [5.74, 6) is -0.989. The lowest BCUT2D eigenvalue weighted by atomic mass is 10.1. The molecule has 1 atom stereocenters. The second-order valence-corrected chi connectivity index (χ2v) is 16.4. The molecule has 0 saturated heterocycles. The molecule has 0 fully saturated rings. The number of unbranched alkanes of at least 4 members (excludes halogenated alkanes) is 19. The SMILES string of the molecule is CCCCC/C=C\C/C=C\C/C=C\C/C=C\CCCC(=O)OC[C@@H](COC(=O)CCCCCCCCCCC)OC(=O)CCCCCC/C=C\C/C=C\C/C=C\CCCCC. The van der Waals surface area contributed by atoms with Gasteiger partial charge in [-0.15, -0.1) is 0 Å². The van der Waals surface area contributed by atoms with Crippen LogP contribution in [-0.4, -0.2) is 37.2 Å². The lowest BCUT2D eigenvalue weighted by Gasteiger charge is -2.18. The second kappa shape index (κ2) is 49.2. The van der Waals surface area contributed by atoms with Crippen molar-refractivity contribution in [3.8, 4) is 0 Å². The van der Waals surface area contributed by atoms with E-state index in [4.69, 9.17) is 14.2 Å². The Bertz CT molecular complexity index is 1200. The zero-order valence-electron chi connectivity index (χ0n) is 39.7. The van der Waals surface area contributed by atoms with E-state index in [2.05, 4.69) is 106 Å². The molecule has 0 aliphatic heterocycles. The van der Waals surface area contributed by atoms with E-state index in [1.54, 1.807) is 0 Å². The van der Waals surface area contributed by atoms with E-state index in [0.29, 0.717) is 19.3 Å². The van der Waals surface area contributed by atoms with Gasteiger partial charge >= 0.3 is 17.9 Å². The molecule has 6 heteroatoms. The van der Waals surface area contributed by atoms with Crippen molar-refractivity contribution in [1.82, 2.24) is 0 Å². The van der Waals surface area contributed by atoms with Gasteiger partial charge in [0.05, 0.1) is 0 Å². The maximum Gasteiger partial charge on any atom is 0.306 e. The van der Waals surface area contributed by atoms with E-state index in [1.165, 1.54) is 89.9 Å². The van der Waals surface area contributed by atoms with E-state index < -0.39 is 6.10 Å². The minimum Gasteiger partial charge on any atom is -0.462 e. The molecule has 0 aromatic heterocycles. The Kier molecular flexibility index (Phi) is 46.5. The summed E-state index contributed by atoms with van der Waals surface area (Å²) in [6.07, 6.45) is 62.8. The highest BCUT2D eigenvalue weighted by Gasteiger charge is 2.19. The Morgan fingerprint density at radius 2 is 0.607 bits per heavy atom. The summed E-state index contributed by atoms with van der Waals surface area (Å²) in [5.41, 5.74) is 0. The molecule has 0 heterocycles. The molecule has 0 amide bonds. The third-order valence-corrected chi connectivity index (χ3v) is 10.4. The minimum atomic E-state index is -0.807. The zero-order valence-corrected chi connectivity index (χ0v) is 39.7. The number of hydrogen-bond acceptors (Lipinski definition) is 6. The number of esters is 3. The van der Waals surface area contributed by atoms with Gasteiger partial charge in [0.1, 0.15) is 13.2 Å². The predicted molar refractivity (Wildman–Crippen MR) is 261 cm³/mol. The van der Waals surface area contributed by atoms with Crippen LogP contribution in [0.15, 0.2) is 85.1 Å². The maximum absolute atomic E-state index is 12.8. The van der Waals surface area contributed by atoms with Crippen LogP contribution in [0.1, 0.15) is 226 Å². The summed E-state index contributed by atoms with van der Waals surface area (Å²) in [7, 11) is 0. The number of carbonyl (C=O) groups is 3. The van der Waals surface area contributed by atoms with Gasteiger partial charge < -0.3 is 14.2 Å². The Morgan fingerprint density at radius 1 is 0.328 bits per heavy atom. The van der Waals surface area contributed by atoms with Crippen molar-refractivity contribution >= 4 is 17.9 Å². The Hall–Kier alpha value is -3.41. The first-order valence-electron chi connectivity index (χ1n) is 25.1. The third kappa shape index (κ3) is 47.5. The maximum atomic E-state index is 12.8. The number of ether oxygens (including phenoxy) is 3. The Morgan fingerprint density at radius 3 is 1.02 bits per heavy atom. The standard InChI is InChI=1S/C55H92O6/c1-4-7-10-13-16-19-21-23-25-27-29-31-33-36-39-42-45-48-54(57)60-51-52(50-59-53(56)47-44-41-38-35-18-15-12-9-6-3)61-55(58)49-46-43-40-37-34-32-30-28-26-24-22-20-17-14-11-8-5-2/h16-17,19-20,23-26,29-32,36,39,52H,4-15,18,21-22,27-28,33-35,37-38,40-51H2,1-3H3/b19-16-,20-17-,25-23-,26-24-,31-29-,32-30-,39-36-/t52-/m1/s1. The molecule has 0 aromatic carbocycles. The predicted octanol–water partition coefficient (Wildman–Crippen LogP) is 16.4. The average Bonchev–Trinajstić information content (AvgIpc) is 3.26. The topological polar surface area (TPSA) is 78.9 Å². The summed E-state index contributed by atoms with van der Waals surface area (Å²) in [5, 5.41) is 0. The van der Waals surface area contributed by atoms with Gasteiger partial charge in [-0.2, -0.15) is 0 Å². The van der Waals surface area contributed by atoms with Crippen LogP contribution in [0, 0.1) is 0 Å². The molecule has 61 heavy (non-hydrogen) atoms. The largest absolute Gasteiger partial charge is 0.462 e. The van der Waals surface area contributed by atoms with Crippen LogP contribution in [0.4, 0.5) is 0 Å². The monoisotopic (exact) mass is 849 g/mol. The van der Waals surface area contributed by atoms with Crippen molar-refractivity contribution in [2.24, 2.45) is 0 Å². The lowest BCUT2D eigenvalue weighted by Crippen LogP contribution is -2.30. The first-order valence-corrected chi connectivity index (χ1v) is 25.1. The van der Waals surface area contributed by atoms with Crippen molar-refractivity contribution in [1.29, 1.82) is 0 Å². The van der Waals surface area contributed by atoms with Crippen LogP contribution in [-0.2, 0) is 28.6 Å². The third-order valence-electron chi connectivity index (χ3n) is 10.4. The summed E-state index contributed by atoms with van der Waals surface area (Å²) in [4.78, 5) is 37.8. The molecule has 0 saturated carbocycles. The zero-order chi connectivity index (χ0) is 44.4. The molecule has 0 bridgehead atoms. The quantitative estimate of drug-likeness (QED) is 0.0263. The van der Waals surface area contributed by atoms with Gasteiger partial charge in [0, 0.05) is 19.3 Å². The highest BCUT2D eigenvalue weighted by atomic mass is 16.6. The van der Waals surface area contributed by atoms with Crippen molar-refractivity contribution in [2.45, 2.75) is 232 Å². The van der Waals surface area contributed by atoms with Gasteiger partial charge in [0.25, 0.3) is 0 Å². The van der Waals surface area contributed by atoms with Crippen LogP contribution in [0.2, 0.25) is 0 Å². The fourth-order valence-electron chi connectivity index (χ4n) is 6.56. The first-order chi connectivity index (χ1) is 30.0. The molecule has 0 unspecified atom stereocenters. The number of allylic oxidation sites excluding steroid dienone is 14. The molecule has 0 spiro atoms. The van der Waals surface area contributed by atoms with Gasteiger partial charge in [0.15, 0.2) is 6.10 Å². The normalized spacial score (nSPS) is 12.8. The lowest BCUT2D eigenvalue weighted by molar-refractivity contribution is -0.167. The Balaban J connectivity index is 4.48. The Labute approximate surface area is 375 Å². The molecule has 6 nitrogen and oxygen atoms in total. The number of hydrogen-bond donors (Lipinski definition) is 0. The first kappa shape index (κ1) is 57.6. The van der Waals surface area contributed by atoms with Gasteiger partial charge in [-0.3, -0.25) is 14.4 Å². The molecular weight excluding hydrogens is 757 g/mol. The van der Waals surface area contributed by atoms with Crippen LogP contribution in [0.5, 0.6) is 0 Å². The van der Waals surface area contributed by atoms with Crippen LogP contribution in [0.25, 0.3) is 0 Å². The van der Waals surface area contributed by atoms with Crippen molar-refractivity contribution in [3.05, 3.63) is 85.1 Å².